The first-order valence-corrected chi connectivity index (χ1v) is 25.9. The van der Waals surface area contributed by atoms with Gasteiger partial charge in [-0.1, -0.05) is 37.1 Å². The maximum absolute atomic E-state index is 15.5. The topological polar surface area (TPSA) is 371 Å². The molecule has 21 heteroatoms. The summed E-state index contributed by atoms with van der Waals surface area (Å²) in [6.07, 6.45) is 1.62. The number of nitrogens with zero attached hydrogens (tertiary/aromatic N) is 3. The Morgan fingerprint density at radius 2 is 1.78 bits per heavy atom. The number of benzene rings is 3. The van der Waals surface area contributed by atoms with Gasteiger partial charge in [0.25, 0.3) is 5.91 Å². The fourth-order valence-electron chi connectivity index (χ4n) is 13.5. The molecule has 2 aliphatic heterocycles. The molecule has 3 aliphatic carbocycles. The Balaban J connectivity index is 1.24. The molecule has 9 rings (SSSR count). The van der Waals surface area contributed by atoms with Crippen LogP contribution in [0, 0.1) is 17.8 Å². The van der Waals surface area contributed by atoms with E-state index < -0.39 is 95.2 Å². The number of carboxylic acids is 1. The normalized spacial score (nSPS) is 30.0. The number of nitrogens with one attached hydrogen (secondary N) is 1. The third-order valence-electron chi connectivity index (χ3n) is 16.7. The largest absolute Gasteiger partial charge is 0.508 e. The first-order chi connectivity index (χ1) is 36.3. The molecule has 0 bridgehead atoms. The average molecular weight is 1050 g/mol. The van der Waals surface area contributed by atoms with Crippen LogP contribution in [0.25, 0.3) is 6.08 Å². The zero-order valence-electron chi connectivity index (χ0n) is 42.1. The van der Waals surface area contributed by atoms with Crippen LogP contribution in [-0.4, -0.2) is 146 Å². The summed E-state index contributed by atoms with van der Waals surface area (Å²) in [5, 5.41) is 124. The van der Waals surface area contributed by atoms with E-state index in [4.69, 9.17) is 20.9 Å². The Hall–Kier alpha value is -6.56. The van der Waals surface area contributed by atoms with Crippen LogP contribution in [0.15, 0.2) is 77.6 Å². The van der Waals surface area contributed by atoms with Crippen molar-refractivity contribution in [1.82, 2.24) is 9.97 Å². The Kier molecular flexibility index (Phi) is 15.3. The van der Waals surface area contributed by atoms with E-state index >= 15 is 4.79 Å². The first kappa shape index (κ1) is 54.2. The number of hydrogen-bond acceptors (Lipinski definition) is 16. The minimum atomic E-state index is -3.23. The molecule has 0 unspecified atom stereocenters. The maximum atomic E-state index is 15.5. The minimum Gasteiger partial charge on any atom is -0.508 e. The van der Waals surface area contributed by atoms with Crippen LogP contribution >= 0.6 is 0 Å². The van der Waals surface area contributed by atoms with Gasteiger partial charge in [0, 0.05) is 65.8 Å². The fraction of sp³-hybridized carbons (Fsp3) is 0.491. The second-order valence-corrected chi connectivity index (χ2v) is 20.9. The first-order valence-electron chi connectivity index (χ1n) is 25.9. The molecule has 0 radical (unpaired) electrons. The molecule has 12 atom stereocenters. The van der Waals surface area contributed by atoms with E-state index in [1.54, 1.807) is 30.6 Å². The number of aliphatic imine (C=N–C) groups is 1. The van der Waals surface area contributed by atoms with E-state index in [0.717, 1.165) is 34.3 Å². The smallest absolute Gasteiger partial charge is 0.355 e. The summed E-state index contributed by atoms with van der Waals surface area (Å²) in [4.78, 5) is 43.0. The Labute approximate surface area is 438 Å². The van der Waals surface area contributed by atoms with Gasteiger partial charge in [-0.05, 0) is 123 Å². The highest BCUT2D eigenvalue weighted by atomic mass is 16.8. The summed E-state index contributed by atoms with van der Waals surface area (Å²) in [7, 11) is 0. The van der Waals surface area contributed by atoms with Crippen molar-refractivity contribution in [3.05, 3.63) is 112 Å². The lowest BCUT2D eigenvalue weighted by Crippen LogP contribution is -2.67. The molecule has 21 nitrogen and oxygen atoms in total. The van der Waals surface area contributed by atoms with E-state index in [2.05, 4.69) is 15.0 Å². The number of rotatable bonds is 18. The Bertz CT molecular complexity index is 2920. The van der Waals surface area contributed by atoms with E-state index in [1.807, 2.05) is 13.0 Å². The average Bonchev–Trinajstić information content (AvgIpc) is 3.79. The number of amides is 1. The van der Waals surface area contributed by atoms with Crippen LogP contribution in [0.2, 0.25) is 0 Å². The lowest BCUT2D eigenvalue weighted by atomic mass is 9.45. The number of hydrogen-bond donors (Lipinski definition) is 14. The SMILES string of the molecule is CCc1nc[nH]c1Cc1cc(/C=C/C(=O)N2c3cc(O[C@]4(O)O[C@H](CO)[C@@H](O)[C@H](O)[C@H]4O)c(O)cc3[C@H]3[C@H]([C@@]45c6c(O)cccc6CC[C@H]4CCC[C@@H]5CO)C(CC[C@H](O)CCCN=C(N)N)=C[C@]32C(=O)O)ccc1O. The molecule has 3 heterocycles. The number of aliphatic carboxylic acids is 1. The number of aryl methyl sites for hydroxylation is 2. The number of fused-ring (bicyclic) bond motifs is 6. The number of aliphatic hydroxyl groups excluding tert-OH is 6. The quantitative estimate of drug-likeness (QED) is 0.0170. The molecule has 0 spiro atoms. The second kappa shape index (κ2) is 21.5. The van der Waals surface area contributed by atoms with Crippen LogP contribution in [0.1, 0.15) is 103 Å². The third kappa shape index (κ3) is 9.25. The van der Waals surface area contributed by atoms with Gasteiger partial charge in [-0.2, -0.15) is 0 Å². The maximum Gasteiger partial charge on any atom is 0.355 e. The highest BCUT2D eigenvalue weighted by Gasteiger charge is 2.71. The van der Waals surface area contributed by atoms with Crippen LogP contribution in [0.5, 0.6) is 23.0 Å². The molecule has 1 amide bonds. The molecular weight excluding hydrogens is 985 g/mol. The van der Waals surface area contributed by atoms with Crippen molar-refractivity contribution in [2.75, 3.05) is 24.7 Å². The van der Waals surface area contributed by atoms with Gasteiger partial charge in [-0.3, -0.25) is 14.7 Å². The van der Waals surface area contributed by atoms with Crippen LogP contribution in [0.3, 0.4) is 0 Å². The Morgan fingerprint density at radius 3 is 2.50 bits per heavy atom. The number of aromatic hydroxyl groups is 3. The van der Waals surface area contributed by atoms with Gasteiger partial charge >= 0.3 is 11.9 Å². The number of allylic oxidation sites excluding steroid dienone is 1. The summed E-state index contributed by atoms with van der Waals surface area (Å²) in [5.74, 6) is -10.2. The van der Waals surface area contributed by atoms with Crippen molar-refractivity contribution < 1.29 is 75.2 Å². The standard InChI is InChI=1S/C55H68N6O15/c1-2-36-37(60-27-59-36)21-31-20-28(11-17-39(31)65)12-18-44(68)61-38-23-42(75-55(74)50(71)49(70)48(69)43(26-63)76-55)41(67)22-35(38)47-46(30(24-53(47,61)51(72)73)14-16-34(64)9-5-19-58-52(56)57)54-32(7-4-8-33(54)25-62)15-13-29-6-3-10-40(66)45(29)54/h3,6,10-12,17-18,20,22-24,27,32-34,43,46-50,62-67,69-71,74H,2,4-5,7-9,13-16,19,21,25-26H2,1H3,(H,59,60)(H,72,73)(H4,56,57,58)/b18-12+/t32-,33-,34-,43-,46-,47+,48-,49+,50-,53-,54+,55+/m1/s1. The van der Waals surface area contributed by atoms with Crippen molar-refractivity contribution in [1.29, 1.82) is 0 Å². The molecule has 1 saturated carbocycles. The van der Waals surface area contributed by atoms with E-state index in [1.165, 1.54) is 30.4 Å². The number of carbonyl (C=O) groups is 2. The predicted octanol–water partition coefficient (Wildman–Crippen LogP) is 2.19. The number of phenols is 3. The number of imidazole rings is 1. The number of H-pyrrole nitrogens is 1. The van der Waals surface area contributed by atoms with Gasteiger partial charge < -0.3 is 82.1 Å². The number of carbonyl (C=O) groups excluding carboxylic acids is 1. The number of carboxylic acid groups (broad SMARTS) is 1. The predicted molar refractivity (Wildman–Crippen MR) is 275 cm³/mol. The lowest BCUT2D eigenvalue weighted by Gasteiger charge is -2.58. The van der Waals surface area contributed by atoms with Gasteiger partial charge in [0.2, 0.25) is 0 Å². The summed E-state index contributed by atoms with van der Waals surface area (Å²) in [6, 6.07) is 12.2. The zero-order chi connectivity index (χ0) is 54.4. The van der Waals surface area contributed by atoms with Gasteiger partial charge in [-0.15, -0.1) is 0 Å². The fourth-order valence-corrected chi connectivity index (χ4v) is 13.5. The number of aromatic amines is 1. The zero-order valence-corrected chi connectivity index (χ0v) is 42.1. The third-order valence-corrected chi connectivity index (χ3v) is 16.7. The molecule has 16 N–H and O–H groups in total. The van der Waals surface area contributed by atoms with Gasteiger partial charge in [0.05, 0.1) is 30.4 Å². The van der Waals surface area contributed by atoms with Gasteiger partial charge in [0.1, 0.15) is 29.8 Å². The summed E-state index contributed by atoms with van der Waals surface area (Å²) >= 11 is 0. The molecule has 1 saturated heterocycles. The van der Waals surface area contributed by atoms with Crippen molar-refractivity contribution in [3.8, 4) is 23.0 Å². The molecule has 408 valence electrons. The summed E-state index contributed by atoms with van der Waals surface area (Å²) < 4.78 is 11.2. The van der Waals surface area contributed by atoms with E-state index in [-0.39, 0.29) is 73.5 Å². The van der Waals surface area contributed by atoms with Crippen molar-refractivity contribution in [3.63, 3.8) is 0 Å². The second-order valence-electron chi connectivity index (χ2n) is 20.9. The number of aliphatic hydroxyl groups is 7. The van der Waals surface area contributed by atoms with E-state index in [9.17, 15) is 61.0 Å². The van der Waals surface area contributed by atoms with Crippen molar-refractivity contribution in [2.45, 2.75) is 131 Å². The molecule has 3 aromatic carbocycles. The number of phenolic OH excluding ortho intramolecular Hbond substituents is 3. The van der Waals surface area contributed by atoms with Crippen molar-refractivity contribution >= 4 is 29.6 Å². The van der Waals surface area contributed by atoms with Gasteiger partial charge in [-0.25, -0.2) is 9.78 Å². The van der Waals surface area contributed by atoms with Crippen LogP contribution in [-0.2, 0) is 39.0 Å². The number of aromatic nitrogens is 2. The Morgan fingerprint density at radius 1 is 0.987 bits per heavy atom. The molecule has 4 aromatic rings. The van der Waals surface area contributed by atoms with Gasteiger partial charge in [0.15, 0.2) is 29.1 Å². The molecule has 2 fully saturated rings. The highest BCUT2D eigenvalue weighted by Crippen LogP contribution is 2.70. The van der Waals surface area contributed by atoms with Crippen LogP contribution < -0.4 is 21.1 Å². The monoisotopic (exact) mass is 1050 g/mol. The minimum absolute atomic E-state index is 0.0138. The number of ether oxygens (including phenoxy) is 2. The van der Waals surface area contributed by atoms with Crippen molar-refractivity contribution in [2.24, 2.45) is 34.2 Å². The molecule has 1 aromatic heterocycles. The van der Waals surface area contributed by atoms with E-state index in [0.29, 0.717) is 60.8 Å². The highest BCUT2D eigenvalue weighted by molar-refractivity contribution is 6.13. The summed E-state index contributed by atoms with van der Waals surface area (Å²) in [5.41, 5.74) is 12.0. The number of anilines is 1. The lowest BCUT2D eigenvalue weighted by molar-refractivity contribution is -0.422. The number of guanidine groups is 1. The summed E-state index contributed by atoms with van der Waals surface area (Å²) in [6.45, 7) is 0.909. The molecule has 76 heavy (non-hydrogen) atoms. The van der Waals surface area contributed by atoms with Crippen LogP contribution in [0.4, 0.5) is 5.69 Å². The molecular formula is C55H68N6O15. The number of nitrogens with two attached hydrogens (primary N) is 2. The molecule has 5 aliphatic rings.